The van der Waals surface area contributed by atoms with Crippen LogP contribution in [0.25, 0.3) is 0 Å². The molecule has 0 aromatic heterocycles. The second-order valence-electron chi connectivity index (χ2n) is 9.84. The van der Waals surface area contributed by atoms with Gasteiger partial charge in [0, 0.05) is 73.9 Å². The van der Waals surface area contributed by atoms with Crippen molar-refractivity contribution in [3.8, 4) is 0 Å². The molecule has 0 saturated heterocycles. The standard InChI is InChI=1S/C34H42N8O4/c1-7-37-29(41(9-3)33(45)35-5)23-15-19-27(20-16-23)39-31(43)25-11-13-26(14-12-25)32(44)40-28-21-17-24(18-22-28)30(38-8-2)42(10-4)34(46)36-6/h11-22H,7-10H2,1-6H3,(H,35,45)(H,36,46)(H,39,43)(H,40,44). The largest absolute Gasteiger partial charge is 0.341 e. The Morgan fingerprint density at radius 3 is 1.09 bits per heavy atom. The molecule has 0 fully saturated rings. The van der Waals surface area contributed by atoms with Gasteiger partial charge in [-0.15, -0.1) is 0 Å². The van der Waals surface area contributed by atoms with E-state index in [0.717, 1.165) is 11.1 Å². The molecule has 4 N–H and O–H groups in total. The van der Waals surface area contributed by atoms with Gasteiger partial charge in [-0.1, -0.05) is 0 Å². The highest BCUT2D eigenvalue weighted by Gasteiger charge is 2.20. The summed E-state index contributed by atoms with van der Waals surface area (Å²) in [6.45, 7) is 9.46. The Labute approximate surface area is 270 Å². The van der Waals surface area contributed by atoms with Crippen LogP contribution in [0.1, 0.15) is 59.5 Å². The van der Waals surface area contributed by atoms with E-state index in [1.54, 1.807) is 96.7 Å². The first-order chi connectivity index (χ1) is 22.2. The SMILES string of the molecule is CCN=C(c1ccc(NC(=O)c2ccc(C(=O)Nc3ccc(C(=NCC)N(CC)C(=O)NC)cc3)cc2)cc1)N(CC)C(=O)NC. The Morgan fingerprint density at radius 1 is 0.522 bits per heavy atom. The van der Waals surface area contributed by atoms with Gasteiger partial charge in [0.25, 0.3) is 11.8 Å². The summed E-state index contributed by atoms with van der Waals surface area (Å²) in [4.78, 5) is 62.6. The van der Waals surface area contributed by atoms with Gasteiger partial charge in [0.1, 0.15) is 11.7 Å². The van der Waals surface area contributed by atoms with E-state index in [1.807, 2.05) is 27.7 Å². The van der Waals surface area contributed by atoms with Gasteiger partial charge in [-0.25, -0.2) is 9.59 Å². The number of hydrogen-bond donors (Lipinski definition) is 4. The van der Waals surface area contributed by atoms with Crippen molar-refractivity contribution in [1.82, 2.24) is 20.4 Å². The molecule has 0 heterocycles. The lowest BCUT2D eigenvalue weighted by molar-refractivity contribution is 0.101. The van der Waals surface area contributed by atoms with Gasteiger partial charge in [-0.2, -0.15) is 0 Å². The molecule has 6 amide bonds. The molecule has 0 spiro atoms. The number of benzene rings is 3. The third-order valence-corrected chi connectivity index (χ3v) is 6.89. The number of hydrogen-bond acceptors (Lipinski definition) is 6. The summed E-state index contributed by atoms with van der Waals surface area (Å²) in [5.74, 6) is 0.430. The highest BCUT2D eigenvalue weighted by molar-refractivity contribution is 6.10. The first kappa shape index (κ1) is 35.0. The van der Waals surface area contributed by atoms with Gasteiger partial charge in [-0.05, 0) is 100 Å². The molecule has 12 nitrogen and oxygen atoms in total. The van der Waals surface area contributed by atoms with E-state index in [4.69, 9.17) is 0 Å². The summed E-state index contributed by atoms with van der Waals surface area (Å²) in [5.41, 5.74) is 3.40. The lowest BCUT2D eigenvalue weighted by Gasteiger charge is -2.22. The highest BCUT2D eigenvalue weighted by atomic mass is 16.2. The topological polar surface area (TPSA) is 148 Å². The van der Waals surface area contributed by atoms with Crippen molar-refractivity contribution in [2.45, 2.75) is 27.7 Å². The van der Waals surface area contributed by atoms with Crippen LogP contribution in [-0.2, 0) is 0 Å². The van der Waals surface area contributed by atoms with Crippen molar-refractivity contribution >= 4 is 46.9 Å². The molecule has 0 aliphatic carbocycles. The Hall–Kier alpha value is -5.52. The fourth-order valence-corrected chi connectivity index (χ4v) is 4.60. The van der Waals surface area contributed by atoms with E-state index in [9.17, 15) is 19.2 Å². The Kier molecular flexibility index (Phi) is 13.0. The van der Waals surface area contributed by atoms with Crippen LogP contribution in [0.3, 0.4) is 0 Å². The first-order valence-corrected chi connectivity index (χ1v) is 15.2. The number of aliphatic imine (C=N–C) groups is 2. The van der Waals surface area contributed by atoms with Crippen molar-refractivity contribution in [2.24, 2.45) is 9.98 Å². The number of urea groups is 2. The number of rotatable bonds is 10. The first-order valence-electron chi connectivity index (χ1n) is 15.2. The van der Waals surface area contributed by atoms with Gasteiger partial charge in [0.15, 0.2) is 0 Å². The molecule has 3 rings (SSSR count). The second-order valence-corrected chi connectivity index (χ2v) is 9.84. The predicted octanol–water partition coefficient (Wildman–Crippen LogP) is 5.05. The third-order valence-electron chi connectivity index (χ3n) is 6.89. The van der Waals surface area contributed by atoms with Crippen LogP contribution < -0.4 is 21.3 Å². The molecular formula is C34H42N8O4. The number of anilines is 2. The molecule has 12 heteroatoms. The van der Waals surface area contributed by atoms with Crippen molar-refractivity contribution in [3.63, 3.8) is 0 Å². The number of carbonyl (C=O) groups excluding carboxylic acids is 4. The minimum absolute atomic E-state index is 0.254. The Bertz CT molecular complexity index is 1450. The average molecular weight is 627 g/mol. The molecule has 0 unspecified atom stereocenters. The monoisotopic (exact) mass is 626 g/mol. The molecule has 0 aliphatic rings. The predicted molar refractivity (Wildman–Crippen MR) is 183 cm³/mol. The van der Waals surface area contributed by atoms with E-state index in [2.05, 4.69) is 31.3 Å². The number of amidine groups is 2. The van der Waals surface area contributed by atoms with Crippen molar-refractivity contribution in [2.75, 3.05) is 50.9 Å². The second kappa shape index (κ2) is 17.1. The lowest BCUT2D eigenvalue weighted by atomic mass is 10.1. The number of nitrogens with zero attached hydrogens (tertiary/aromatic N) is 4. The highest BCUT2D eigenvalue weighted by Crippen LogP contribution is 2.17. The zero-order valence-electron chi connectivity index (χ0n) is 27.2. The normalized spacial score (nSPS) is 11.3. The van der Waals surface area contributed by atoms with Crippen LogP contribution in [0.4, 0.5) is 21.0 Å². The van der Waals surface area contributed by atoms with Crippen LogP contribution in [-0.4, -0.2) is 85.6 Å². The van der Waals surface area contributed by atoms with E-state index in [-0.39, 0.29) is 23.9 Å². The van der Waals surface area contributed by atoms with Gasteiger partial charge >= 0.3 is 12.1 Å². The van der Waals surface area contributed by atoms with E-state index in [1.165, 1.54) is 0 Å². The number of carbonyl (C=O) groups is 4. The summed E-state index contributed by atoms with van der Waals surface area (Å²) in [6.07, 6.45) is 0. The summed E-state index contributed by atoms with van der Waals surface area (Å²) in [5, 5.41) is 11.0. The third kappa shape index (κ3) is 8.78. The number of amides is 6. The summed E-state index contributed by atoms with van der Waals surface area (Å²) < 4.78 is 0. The van der Waals surface area contributed by atoms with Crippen molar-refractivity contribution < 1.29 is 19.2 Å². The van der Waals surface area contributed by atoms with Crippen molar-refractivity contribution in [1.29, 1.82) is 0 Å². The quantitative estimate of drug-likeness (QED) is 0.184. The lowest BCUT2D eigenvalue weighted by Crippen LogP contribution is -2.42. The molecule has 0 radical (unpaired) electrons. The maximum atomic E-state index is 12.9. The molecule has 242 valence electrons. The van der Waals surface area contributed by atoms with Crippen LogP contribution in [0.15, 0.2) is 82.8 Å². The fraction of sp³-hybridized carbons (Fsp3) is 0.294. The van der Waals surface area contributed by atoms with Crippen LogP contribution >= 0.6 is 0 Å². The Morgan fingerprint density at radius 2 is 0.826 bits per heavy atom. The smallest absolute Gasteiger partial charge is 0.322 e. The molecule has 0 bridgehead atoms. The summed E-state index contributed by atoms with van der Waals surface area (Å²) in [7, 11) is 3.14. The van der Waals surface area contributed by atoms with E-state index >= 15 is 0 Å². The zero-order valence-corrected chi connectivity index (χ0v) is 27.2. The van der Waals surface area contributed by atoms with Crippen LogP contribution in [0.2, 0.25) is 0 Å². The molecule has 3 aromatic carbocycles. The fourth-order valence-electron chi connectivity index (χ4n) is 4.60. The van der Waals surface area contributed by atoms with Gasteiger partial charge < -0.3 is 21.3 Å². The Balaban J connectivity index is 1.66. The zero-order chi connectivity index (χ0) is 33.6. The van der Waals surface area contributed by atoms with E-state index < -0.39 is 0 Å². The average Bonchev–Trinajstić information content (AvgIpc) is 3.08. The molecular weight excluding hydrogens is 584 g/mol. The minimum Gasteiger partial charge on any atom is -0.341 e. The number of nitrogens with one attached hydrogen (secondary N) is 4. The summed E-state index contributed by atoms with van der Waals surface area (Å²) in [6, 6.07) is 20.0. The van der Waals surface area contributed by atoms with Crippen LogP contribution in [0, 0.1) is 0 Å². The van der Waals surface area contributed by atoms with Gasteiger partial charge in [-0.3, -0.25) is 29.4 Å². The molecule has 46 heavy (non-hydrogen) atoms. The molecule has 3 aromatic rings. The summed E-state index contributed by atoms with van der Waals surface area (Å²) >= 11 is 0. The maximum absolute atomic E-state index is 12.9. The van der Waals surface area contributed by atoms with Crippen molar-refractivity contribution in [3.05, 3.63) is 95.1 Å². The van der Waals surface area contributed by atoms with Crippen LogP contribution in [0.5, 0.6) is 0 Å². The van der Waals surface area contributed by atoms with Gasteiger partial charge in [0.2, 0.25) is 0 Å². The van der Waals surface area contributed by atoms with E-state index in [0.29, 0.717) is 60.4 Å². The maximum Gasteiger partial charge on any atom is 0.322 e. The molecule has 0 saturated carbocycles. The molecule has 0 atom stereocenters. The van der Waals surface area contributed by atoms with Gasteiger partial charge in [0.05, 0.1) is 0 Å². The molecule has 0 aliphatic heterocycles. The minimum atomic E-state index is -0.333.